The number of carboxylic acids is 1. The lowest BCUT2D eigenvalue weighted by Crippen LogP contribution is -2.32. The Labute approximate surface area is 124 Å². The molecule has 1 rings (SSSR count). The zero-order valence-corrected chi connectivity index (χ0v) is 13.0. The Morgan fingerprint density at radius 3 is 2.33 bits per heavy atom. The number of carbonyl (C=O) groups is 2. The number of aliphatic carboxylic acids is 1. The van der Waals surface area contributed by atoms with Gasteiger partial charge in [0.05, 0.1) is 15.9 Å². The summed E-state index contributed by atoms with van der Waals surface area (Å²) in [7, 11) is -3.50. The second-order valence-electron chi connectivity index (χ2n) is 5.46. The van der Waals surface area contributed by atoms with Crippen molar-refractivity contribution in [3.05, 3.63) is 29.8 Å². The minimum atomic E-state index is -3.50. The highest BCUT2D eigenvalue weighted by Gasteiger charge is 2.27. The molecule has 6 nitrogen and oxygen atoms in total. The molecule has 0 aliphatic carbocycles. The summed E-state index contributed by atoms with van der Waals surface area (Å²) in [6.07, 6.45) is 1.28. The first-order valence-corrected chi connectivity index (χ1v) is 8.25. The molecule has 0 unspecified atom stereocenters. The number of amides is 1. The lowest BCUT2D eigenvalue weighted by molar-refractivity contribution is -0.147. The third-order valence-electron chi connectivity index (χ3n) is 3.15. The van der Waals surface area contributed by atoms with Crippen molar-refractivity contribution in [2.24, 2.45) is 5.41 Å². The molecule has 0 atom stereocenters. The van der Waals surface area contributed by atoms with Gasteiger partial charge in [0.2, 0.25) is 0 Å². The number of hydrogen-bond donors (Lipinski definition) is 2. The van der Waals surface area contributed by atoms with Crippen LogP contribution in [0.4, 0.5) is 0 Å². The van der Waals surface area contributed by atoms with Gasteiger partial charge in [-0.15, -0.1) is 0 Å². The molecule has 1 aromatic rings. The van der Waals surface area contributed by atoms with Crippen molar-refractivity contribution in [1.82, 2.24) is 5.32 Å². The minimum absolute atomic E-state index is 0.0417. The smallest absolute Gasteiger partial charge is 0.309 e. The van der Waals surface area contributed by atoms with Crippen molar-refractivity contribution in [1.29, 1.82) is 0 Å². The number of benzene rings is 1. The van der Waals surface area contributed by atoms with Gasteiger partial charge in [0, 0.05) is 12.8 Å². The van der Waals surface area contributed by atoms with E-state index in [-0.39, 0.29) is 23.4 Å². The molecule has 1 aromatic carbocycles. The highest BCUT2D eigenvalue weighted by atomic mass is 32.2. The standard InChI is InChI=1S/C14H19NO5S/c1-14(2,13(17)18)8-9-15-12(16)10-6-4-5-7-11(10)21(3,19)20/h4-7H,8-9H2,1-3H3,(H,15,16)(H,17,18). The summed E-state index contributed by atoms with van der Waals surface area (Å²) in [5, 5.41) is 11.5. The van der Waals surface area contributed by atoms with E-state index < -0.39 is 27.1 Å². The van der Waals surface area contributed by atoms with Gasteiger partial charge < -0.3 is 10.4 Å². The van der Waals surface area contributed by atoms with Gasteiger partial charge in [-0.25, -0.2) is 8.42 Å². The number of carboxylic acid groups (broad SMARTS) is 1. The maximum atomic E-state index is 12.0. The van der Waals surface area contributed by atoms with E-state index in [0.717, 1.165) is 6.26 Å². The van der Waals surface area contributed by atoms with Gasteiger partial charge in [0.15, 0.2) is 9.84 Å². The number of carbonyl (C=O) groups excluding carboxylic acids is 1. The molecule has 0 fully saturated rings. The summed E-state index contributed by atoms with van der Waals surface area (Å²) in [5.41, 5.74) is -0.892. The Morgan fingerprint density at radius 2 is 1.81 bits per heavy atom. The Hall–Kier alpha value is -1.89. The van der Waals surface area contributed by atoms with Gasteiger partial charge >= 0.3 is 5.97 Å². The van der Waals surface area contributed by atoms with Crippen molar-refractivity contribution in [3.63, 3.8) is 0 Å². The summed E-state index contributed by atoms with van der Waals surface area (Å²) in [6, 6.07) is 5.91. The van der Waals surface area contributed by atoms with Crippen LogP contribution < -0.4 is 5.32 Å². The normalized spacial score (nSPS) is 12.0. The van der Waals surface area contributed by atoms with Crippen LogP contribution in [-0.2, 0) is 14.6 Å². The van der Waals surface area contributed by atoms with Crippen LogP contribution in [0.2, 0.25) is 0 Å². The van der Waals surface area contributed by atoms with Gasteiger partial charge in [-0.1, -0.05) is 12.1 Å². The largest absolute Gasteiger partial charge is 0.481 e. The fourth-order valence-corrected chi connectivity index (χ4v) is 2.55. The van der Waals surface area contributed by atoms with E-state index in [9.17, 15) is 18.0 Å². The van der Waals surface area contributed by atoms with Crippen LogP contribution in [0.15, 0.2) is 29.2 Å². The first-order valence-electron chi connectivity index (χ1n) is 6.36. The van der Waals surface area contributed by atoms with Gasteiger partial charge in [-0.05, 0) is 32.4 Å². The number of sulfone groups is 1. The van der Waals surface area contributed by atoms with Crippen LogP contribution in [-0.4, -0.2) is 38.2 Å². The number of hydrogen-bond acceptors (Lipinski definition) is 4. The molecule has 0 spiro atoms. The van der Waals surface area contributed by atoms with Crippen molar-refractivity contribution in [3.8, 4) is 0 Å². The second-order valence-corrected chi connectivity index (χ2v) is 7.45. The van der Waals surface area contributed by atoms with Gasteiger partial charge in [-0.2, -0.15) is 0 Å². The highest BCUT2D eigenvalue weighted by molar-refractivity contribution is 7.90. The molecule has 116 valence electrons. The molecular weight excluding hydrogens is 294 g/mol. The molecule has 2 N–H and O–H groups in total. The van der Waals surface area contributed by atoms with Gasteiger partial charge in [-0.3, -0.25) is 9.59 Å². The lowest BCUT2D eigenvalue weighted by atomic mass is 9.90. The summed E-state index contributed by atoms with van der Waals surface area (Å²) in [5.74, 6) is -1.48. The summed E-state index contributed by atoms with van der Waals surface area (Å²) in [6.45, 7) is 3.27. The van der Waals surface area contributed by atoms with Crippen molar-refractivity contribution >= 4 is 21.7 Å². The van der Waals surface area contributed by atoms with Crippen LogP contribution in [0.3, 0.4) is 0 Å². The predicted octanol–water partition coefficient (Wildman–Crippen LogP) is 1.32. The minimum Gasteiger partial charge on any atom is -0.481 e. The highest BCUT2D eigenvalue weighted by Crippen LogP contribution is 2.20. The molecule has 0 saturated heterocycles. The number of nitrogens with one attached hydrogen (secondary N) is 1. The Kier molecular flexibility index (Phi) is 5.11. The Balaban J connectivity index is 2.81. The van der Waals surface area contributed by atoms with Crippen LogP contribution in [0, 0.1) is 5.41 Å². The molecule has 21 heavy (non-hydrogen) atoms. The molecule has 7 heteroatoms. The topological polar surface area (TPSA) is 101 Å². The molecule has 0 saturated carbocycles. The van der Waals surface area contributed by atoms with E-state index in [2.05, 4.69) is 5.32 Å². The molecular formula is C14H19NO5S. The quantitative estimate of drug-likeness (QED) is 0.825. The van der Waals surface area contributed by atoms with Crippen molar-refractivity contribution in [2.45, 2.75) is 25.2 Å². The van der Waals surface area contributed by atoms with Gasteiger partial charge in [0.25, 0.3) is 5.91 Å². The Bertz CT molecular complexity index is 649. The average molecular weight is 313 g/mol. The Morgan fingerprint density at radius 1 is 1.24 bits per heavy atom. The fourth-order valence-electron chi connectivity index (χ4n) is 1.67. The molecule has 0 bridgehead atoms. The number of rotatable bonds is 6. The molecule has 0 aliphatic rings. The fraction of sp³-hybridized carbons (Fsp3) is 0.429. The first-order chi connectivity index (χ1) is 9.55. The zero-order chi connectivity index (χ0) is 16.3. The van der Waals surface area contributed by atoms with E-state index in [1.807, 2.05) is 0 Å². The molecule has 0 radical (unpaired) electrons. The third kappa shape index (κ3) is 4.56. The molecule has 0 aromatic heterocycles. The third-order valence-corrected chi connectivity index (χ3v) is 4.30. The first kappa shape index (κ1) is 17.2. The maximum absolute atomic E-state index is 12.0. The van der Waals surface area contributed by atoms with Crippen molar-refractivity contribution in [2.75, 3.05) is 12.8 Å². The maximum Gasteiger partial charge on any atom is 0.309 e. The predicted molar refractivity (Wildman–Crippen MR) is 77.9 cm³/mol. The van der Waals surface area contributed by atoms with Crippen LogP contribution in [0.5, 0.6) is 0 Å². The van der Waals surface area contributed by atoms with E-state index >= 15 is 0 Å². The zero-order valence-electron chi connectivity index (χ0n) is 12.2. The van der Waals surface area contributed by atoms with Crippen LogP contribution in [0.1, 0.15) is 30.6 Å². The van der Waals surface area contributed by atoms with Crippen molar-refractivity contribution < 1.29 is 23.1 Å². The summed E-state index contributed by atoms with van der Waals surface area (Å²) >= 11 is 0. The average Bonchev–Trinajstić information content (AvgIpc) is 2.37. The van der Waals surface area contributed by atoms with Crippen LogP contribution >= 0.6 is 0 Å². The monoisotopic (exact) mass is 313 g/mol. The molecule has 1 amide bonds. The van der Waals surface area contributed by atoms with E-state index in [0.29, 0.717) is 0 Å². The van der Waals surface area contributed by atoms with Gasteiger partial charge in [0.1, 0.15) is 0 Å². The SMILES string of the molecule is CC(C)(CCNC(=O)c1ccccc1S(C)(=O)=O)C(=O)O. The second kappa shape index (κ2) is 6.26. The van der Waals surface area contributed by atoms with E-state index in [1.165, 1.54) is 12.1 Å². The lowest BCUT2D eigenvalue weighted by Gasteiger charge is -2.19. The van der Waals surface area contributed by atoms with E-state index in [1.54, 1.807) is 26.0 Å². The summed E-state index contributed by atoms with van der Waals surface area (Å²) < 4.78 is 23.2. The van der Waals surface area contributed by atoms with Crippen LogP contribution in [0.25, 0.3) is 0 Å². The molecule has 0 aliphatic heterocycles. The summed E-state index contributed by atoms with van der Waals surface area (Å²) in [4.78, 5) is 23.0. The molecule has 0 heterocycles. The van der Waals surface area contributed by atoms with E-state index in [4.69, 9.17) is 5.11 Å².